The third-order valence-electron chi connectivity index (χ3n) is 9.43. The van der Waals surface area contributed by atoms with Crippen molar-refractivity contribution in [2.45, 2.75) is 194 Å². The molecule has 0 heterocycles. The molecule has 0 bridgehead atoms. The molecule has 0 aliphatic heterocycles. The second-order valence-corrected chi connectivity index (χ2v) is 15.1. The zero-order valence-electron chi connectivity index (χ0n) is 37.7. The van der Waals surface area contributed by atoms with Gasteiger partial charge in [-0.05, 0) is 83.5 Å². The van der Waals surface area contributed by atoms with Gasteiger partial charge < -0.3 is 14.2 Å². The van der Waals surface area contributed by atoms with Crippen LogP contribution in [0.1, 0.15) is 188 Å². The molecule has 0 N–H and O–H groups in total. The van der Waals surface area contributed by atoms with E-state index >= 15 is 0 Å². The fourth-order valence-electron chi connectivity index (χ4n) is 5.93. The Balaban J connectivity index is 4.54. The first-order valence-corrected chi connectivity index (χ1v) is 23.5. The Kier molecular flexibility index (Phi) is 43.6. The summed E-state index contributed by atoms with van der Waals surface area (Å²) in [5, 5.41) is 0. The Labute approximate surface area is 361 Å². The van der Waals surface area contributed by atoms with Gasteiger partial charge in [0.15, 0.2) is 6.10 Å². The van der Waals surface area contributed by atoms with Gasteiger partial charge in [-0.1, -0.05) is 194 Å². The number of hydrogen-bond acceptors (Lipinski definition) is 6. The smallest absolute Gasteiger partial charge is 0.306 e. The Morgan fingerprint density at radius 1 is 0.356 bits per heavy atom. The molecule has 0 aromatic carbocycles. The van der Waals surface area contributed by atoms with Crippen molar-refractivity contribution >= 4 is 17.9 Å². The molecule has 6 heteroatoms. The van der Waals surface area contributed by atoms with Crippen LogP contribution < -0.4 is 0 Å². The lowest BCUT2D eigenvalue weighted by atomic mass is 10.1. The van der Waals surface area contributed by atoms with Gasteiger partial charge in [0, 0.05) is 19.3 Å². The average molecular weight is 817 g/mol. The molecule has 0 saturated heterocycles. The van der Waals surface area contributed by atoms with Gasteiger partial charge in [-0.15, -0.1) is 0 Å². The second-order valence-electron chi connectivity index (χ2n) is 15.1. The highest BCUT2D eigenvalue weighted by Crippen LogP contribution is 2.12. The number of hydrogen-bond donors (Lipinski definition) is 0. The van der Waals surface area contributed by atoms with E-state index in [-0.39, 0.29) is 37.5 Å². The molecule has 0 aliphatic rings. The van der Waals surface area contributed by atoms with E-state index in [4.69, 9.17) is 14.2 Å². The Morgan fingerprint density at radius 3 is 1.10 bits per heavy atom. The molecule has 1 atom stereocenters. The number of ether oxygens (including phenoxy) is 3. The summed E-state index contributed by atoms with van der Waals surface area (Å²) in [5.41, 5.74) is 0. The molecular formula is C53H84O6. The fourth-order valence-corrected chi connectivity index (χ4v) is 5.93. The largest absolute Gasteiger partial charge is 0.462 e. The first-order valence-electron chi connectivity index (χ1n) is 23.5. The van der Waals surface area contributed by atoms with Crippen LogP contribution >= 0.6 is 0 Å². The van der Waals surface area contributed by atoms with Crippen LogP contribution in [0, 0.1) is 0 Å². The van der Waals surface area contributed by atoms with Crippen molar-refractivity contribution in [3.05, 3.63) is 109 Å². The highest BCUT2D eigenvalue weighted by Gasteiger charge is 2.19. The summed E-state index contributed by atoms with van der Waals surface area (Å²) in [7, 11) is 0. The first kappa shape index (κ1) is 55.1. The highest BCUT2D eigenvalue weighted by atomic mass is 16.6. The zero-order valence-corrected chi connectivity index (χ0v) is 37.7. The molecule has 0 radical (unpaired) electrons. The number of rotatable bonds is 40. The number of unbranched alkanes of at least 4 members (excludes halogenated alkanes) is 17. The third kappa shape index (κ3) is 45.0. The summed E-state index contributed by atoms with van der Waals surface area (Å²) in [6.07, 6.45) is 62.1. The van der Waals surface area contributed by atoms with Crippen LogP contribution in [0.5, 0.6) is 0 Å². The minimum absolute atomic E-state index is 0.112. The van der Waals surface area contributed by atoms with Crippen LogP contribution in [-0.4, -0.2) is 37.2 Å². The molecule has 1 unspecified atom stereocenters. The SMILES string of the molecule is CC/C=C/C=C/C=C/C=C/CCCCCCCC(=O)OCC(COC(=O)CCCCC/C=C/CCCCCCCC)OC(=O)CCCCC/C=C/C=C/C=C/C=C/CC. The average Bonchev–Trinajstić information content (AvgIpc) is 3.23. The second kappa shape index (κ2) is 46.8. The van der Waals surface area contributed by atoms with Crippen LogP contribution in [0.2, 0.25) is 0 Å². The summed E-state index contributed by atoms with van der Waals surface area (Å²) in [4.78, 5) is 37.8. The highest BCUT2D eigenvalue weighted by molar-refractivity contribution is 5.71. The molecule has 0 aliphatic carbocycles. The van der Waals surface area contributed by atoms with Crippen molar-refractivity contribution in [3.8, 4) is 0 Å². The van der Waals surface area contributed by atoms with Gasteiger partial charge >= 0.3 is 17.9 Å². The molecule has 0 amide bonds. The van der Waals surface area contributed by atoms with Crippen LogP contribution in [0.3, 0.4) is 0 Å². The van der Waals surface area contributed by atoms with Crippen LogP contribution in [0.4, 0.5) is 0 Å². The number of carbonyl (C=O) groups is 3. The molecule has 59 heavy (non-hydrogen) atoms. The molecule has 6 nitrogen and oxygen atoms in total. The Morgan fingerprint density at radius 2 is 0.678 bits per heavy atom. The van der Waals surface area contributed by atoms with E-state index in [1.54, 1.807) is 0 Å². The van der Waals surface area contributed by atoms with Crippen molar-refractivity contribution in [2.24, 2.45) is 0 Å². The molecule has 0 aromatic rings. The van der Waals surface area contributed by atoms with Crippen molar-refractivity contribution < 1.29 is 28.6 Å². The summed E-state index contributed by atoms with van der Waals surface area (Å²) < 4.78 is 16.7. The van der Waals surface area contributed by atoms with Gasteiger partial charge in [-0.25, -0.2) is 0 Å². The monoisotopic (exact) mass is 817 g/mol. The van der Waals surface area contributed by atoms with Gasteiger partial charge in [-0.2, -0.15) is 0 Å². The standard InChI is InChI=1S/C53H84O6/c1-4-7-10-13-16-19-22-25-26-29-31-34-37-40-43-46-52(55)58-49-50(59-53(56)47-44-41-38-35-32-28-24-21-18-15-12-9-6-3)48-57-51(54)45-42-39-36-33-30-27-23-20-17-14-11-8-5-2/h7,9-10,12-13,15-16,18-19,21-22,24-28,30,32,50H,4-6,8,11,14,17,20,23,29,31,33-49H2,1-3H3/b10-7+,12-9+,16-13+,18-15+,22-19+,24-21+,26-25+,30-27+,32-28+. The molecule has 0 fully saturated rings. The summed E-state index contributed by atoms with van der Waals surface area (Å²) in [5.74, 6) is -1.00. The number of allylic oxidation sites excluding steroid dienone is 18. The zero-order chi connectivity index (χ0) is 43.0. The van der Waals surface area contributed by atoms with Crippen molar-refractivity contribution in [2.75, 3.05) is 13.2 Å². The van der Waals surface area contributed by atoms with Gasteiger partial charge in [0.05, 0.1) is 0 Å². The van der Waals surface area contributed by atoms with Crippen molar-refractivity contribution in [3.63, 3.8) is 0 Å². The third-order valence-corrected chi connectivity index (χ3v) is 9.43. The first-order chi connectivity index (χ1) is 29.0. The van der Waals surface area contributed by atoms with E-state index in [9.17, 15) is 14.4 Å². The maximum absolute atomic E-state index is 12.7. The molecule has 0 rings (SSSR count). The van der Waals surface area contributed by atoms with Gasteiger partial charge in [0.1, 0.15) is 13.2 Å². The Hall–Kier alpha value is -3.93. The molecule has 0 spiro atoms. The molecule has 0 saturated carbocycles. The number of carbonyl (C=O) groups excluding carboxylic acids is 3. The van der Waals surface area contributed by atoms with E-state index in [1.165, 1.54) is 38.5 Å². The van der Waals surface area contributed by atoms with Gasteiger partial charge in [-0.3, -0.25) is 14.4 Å². The van der Waals surface area contributed by atoms with E-state index in [2.05, 4.69) is 69.4 Å². The van der Waals surface area contributed by atoms with Gasteiger partial charge in [0.25, 0.3) is 0 Å². The lowest BCUT2D eigenvalue weighted by Crippen LogP contribution is -2.30. The van der Waals surface area contributed by atoms with E-state index in [1.807, 2.05) is 60.8 Å². The predicted molar refractivity (Wildman–Crippen MR) is 251 cm³/mol. The minimum Gasteiger partial charge on any atom is -0.462 e. The molecule has 0 aromatic heterocycles. The van der Waals surface area contributed by atoms with Crippen molar-refractivity contribution in [1.82, 2.24) is 0 Å². The summed E-state index contributed by atoms with van der Waals surface area (Å²) >= 11 is 0. The summed E-state index contributed by atoms with van der Waals surface area (Å²) in [6, 6.07) is 0. The van der Waals surface area contributed by atoms with Crippen molar-refractivity contribution in [1.29, 1.82) is 0 Å². The maximum atomic E-state index is 12.7. The summed E-state index contributed by atoms with van der Waals surface area (Å²) in [6.45, 7) is 6.25. The van der Waals surface area contributed by atoms with E-state index < -0.39 is 6.10 Å². The number of esters is 3. The Bertz CT molecular complexity index is 1260. The molecule has 332 valence electrons. The lowest BCUT2D eigenvalue weighted by Gasteiger charge is -2.18. The minimum atomic E-state index is -0.815. The lowest BCUT2D eigenvalue weighted by molar-refractivity contribution is -0.167. The maximum Gasteiger partial charge on any atom is 0.306 e. The van der Waals surface area contributed by atoms with E-state index in [0.717, 1.165) is 103 Å². The quantitative estimate of drug-likeness (QED) is 0.0201. The van der Waals surface area contributed by atoms with Crippen LogP contribution in [0.25, 0.3) is 0 Å². The molecular weight excluding hydrogens is 733 g/mol. The van der Waals surface area contributed by atoms with Crippen LogP contribution in [0.15, 0.2) is 109 Å². The normalized spacial score (nSPS) is 13.1. The predicted octanol–water partition coefficient (Wildman–Crippen LogP) is 15.2. The van der Waals surface area contributed by atoms with E-state index in [0.29, 0.717) is 19.3 Å². The fraction of sp³-hybridized carbons (Fsp3) is 0.604. The topological polar surface area (TPSA) is 78.9 Å². The van der Waals surface area contributed by atoms with Gasteiger partial charge in [0.2, 0.25) is 0 Å². The van der Waals surface area contributed by atoms with Crippen LogP contribution in [-0.2, 0) is 28.6 Å².